The molecule has 0 aromatic rings. The Hall–Kier alpha value is -0.0400. The van der Waals surface area contributed by atoms with Gasteiger partial charge in [-0.1, -0.05) is 33.6 Å². The van der Waals surface area contributed by atoms with Crippen LogP contribution in [0.1, 0.15) is 52.9 Å². The summed E-state index contributed by atoms with van der Waals surface area (Å²) in [5.41, 5.74) is 0.570. The molecule has 1 unspecified atom stereocenters. The van der Waals surface area contributed by atoms with Crippen LogP contribution in [-0.2, 0) is 0 Å². The van der Waals surface area contributed by atoms with Crippen molar-refractivity contribution in [3.8, 4) is 0 Å². The van der Waals surface area contributed by atoms with Crippen LogP contribution in [0, 0.1) is 17.3 Å². The zero-order valence-corrected chi connectivity index (χ0v) is 9.97. The number of fused-ring (bicyclic) bond motifs is 1. The van der Waals surface area contributed by atoms with Gasteiger partial charge in [-0.25, -0.2) is 0 Å². The van der Waals surface area contributed by atoms with Crippen molar-refractivity contribution in [1.82, 2.24) is 5.32 Å². The highest BCUT2D eigenvalue weighted by atomic mass is 15.0. The maximum atomic E-state index is 3.76. The van der Waals surface area contributed by atoms with Gasteiger partial charge in [0, 0.05) is 6.04 Å². The first-order chi connectivity index (χ1) is 6.68. The number of hydrogen-bond acceptors (Lipinski definition) is 1. The molecule has 0 radical (unpaired) electrons. The summed E-state index contributed by atoms with van der Waals surface area (Å²) in [6, 6.07) is 0.813. The minimum absolute atomic E-state index is 0.570. The Balaban J connectivity index is 1.95. The summed E-state index contributed by atoms with van der Waals surface area (Å²) in [7, 11) is 0. The van der Waals surface area contributed by atoms with Crippen molar-refractivity contribution in [3.05, 3.63) is 0 Å². The standard InChI is InChI=1S/C13H25N/c1-4-9-14-12-10-7-5-6-8-11(10)13(12,2)3/h10-12,14H,4-9H2,1-3H3/t10-,11+,12?/m1/s1. The summed E-state index contributed by atoms with van der Waals surface area (Å²) in [6.07, 6.45) is 7.19. The summed E-state index contributed by atoms with van der Waals surface area (Å²) < 4.78 is 0. The fourth-order valence-corrected chi connectivity index (χ4v) is 3.86. The van der Waals surface area contributed by atoms with Crippen molar-refractivity contribution in [2.75, 3.05) is 6.54 Å². The highest BCUT2D eigenvalue weighted by Crippen LogP contribution is 2.56. The summed E-state index contributed by atoms with van der Waals surface area (Å²) in [5.74, 6) is 2.02. The lowest BCUT2D eigenvalue weighted by Gasteiger charge is -2.61. The molecular formula is C13H25N. The topological polar surface area (TPSA) is 12.0 Å². The smallest absolute Gasteiger partial charge is 0.0152 e. The monoisotopic (exact) mass is 195 g/mol. The van der Waals surface area contributed by atoms with Crippen LogP contribution in [-0.4, -0.2) is 12.6 Å². The van der Waals surface area contributed by atoms with Crippen LogP contribution in [0.3, 0.4) is 0 Å². The van der Waals surface area contributed by atoms with E-state index in [0.29, 0.717) is 5.41 Å². The quantitative estimate of drug-likeness (QED) is 0.729. The van der Waals surface area contributed by atoms with Crippen molar-refractivity contribution in [2.24, 2.45) is 17.3 Å². The highest BCUT2D eigenvalue weighted by Gasteiger charge is 2.55. The fourth-order valence-electron chi connectivity index (χ4n) is 3.86. The molecule has 1 N–H and O–H groups in total. The van der Waals surface area contributed by atoms with Crippen LogP contribution < -0.4 is 5.32 Å². The summed E-state index contributed by atoms with van der Waals surface area (Å²) in [6.45, 7) is 8.40. The van der Waals surface area contributed by atoms with Gasteiger partial charge in [-0.15, -0.1) is 0 Å². The molecule has 14 heavy (non-hydrogen) atoms. The van der Waals surface area contributed by atoms with Crippen LogP contribution in [0.5, 0.6) is 0 Å². The molecule has 0 bridgehead atoms. The van der Waals surface area contributed by atoms with Gasteiger partial charge in [0.25, 0.3) is 0 Å². The van der Waals surface area contributed by atoms with Gasteiger partial charge in [0.2, 0.25) is 0 Å². The predicted molar refractivity (Wildman–Crippen MR) is 61.3 cm³/mol. The molecule has 1 nitrogen and oxygen atoms in total. The second-order valence-corrected chi connectivity index (χ2v) is 5.81. The Morgan fingerprint density at radius 1 is 1.21 bits per heavy atom. The zero-order chi connectivity index (χ0) is 10.2. The lowest BCUT2D eigenvalue weighted by molar-refractivity contribution is -0.0871. The molecule has 2 aliphatic carbocycles. The van der Waals surface area contributed by atoms with Crippen molar-refractivity contribution in [1.29, 1.82) is 0 Å². The Labute approximate surface area is 88.7 Å². The average Bonchev–Trinajstić information content (AvgIpc) is 2.18. The first-order valence-corrected chi connectivity index (χ1v) is 6.41. The Kier molecular flexibility index (Phi) is 2.88. The highest BCUT2D eigenvalue weighted by molar-refractivity contribution is 5.08. The Morgan fingerprint density at radius 3 is 2.64 bits per heavy atom. The molecule has 0 aromatic heterocycles. The minimum Gasteiger partial charge on any atom is -0.313 e. The molecule has 0 aliphatic heterocycles. The number of rotatable bonds is 3. The van der Waals surface area contributed by atoms with E-state index in [0.717, 1.165) is 17.9 Å². The number of hydrogen-bond donors (Lipinski definition) is 1. The molecule has 0 heterocycles. The molecule has 0 aromatic carbocycles. The molecule has 1 heteroatoms. The lowest BCUT2D eigenvalue weighted by Crippen LogP contribution is -2.64. The predicted octanol–water partition coefficient (Wildman–Crippen LogP) is 3.20. The molecule has 3 atom stereocenters. The third kappa shape index (κ3) is 1.50. The van der Waals surface area contributed by atoms with E-state index in [9.17, 15) is 0 Å². The van der Waals surface area contributed by atoms with Gasteiger partial charge >= 0.3 is 0 Å². The lowest BCUT2D eigenvalue weighted by atomic mass is 9.48. The molecule has 0 spiro atoms. The van der Waals surface area contributed by atoms with E-state index < -0.39 is 0 Å². The molecule has 82 valence electrons. The van der Waals surface area contributed by atoms with Crippen LogP contribution >= 0.6 is 0 Å². The minimum atomic E-state index is 0.570. The van der Waals surface area contributed by atoms with E-state index in [4.69, 9.17) is 0 Å². The molecule has 2 fully saturated rings. The molecule has 2 saturated carbocycles. The SMILES string of the molecule is CCCNC1[C@@H]2CCCC[C@@H]2C1(C)C. The normalized spacial score (nSPS) is 40.1. The van der Waals surface area contributed by atoms with Crippen LogP contribution in [0.2, 0.25) is 0 Å². The third-order valence-electron chi connectivity index (χ3n) is 4.62. The van der Waals surface area contributed by atoms with E-state index in [1.54, 1.807) is 0 Å². The number of nitrogens with one attached hydrogen (secondary N) is 1. The van der Waals surface area contributed by atoms with Gasteiger partial charge in [0.15, 0.2) is 0 Å². The van der Waals surface area contributed by atoms with Crippen LogP contribution in [0.4, 0.5) is 0 Å². The van der Waals surface area contributed by atoms with Crippen molar-refractivity contribution in [2.45, 2.75) is 58.9 Å². The Bertz CT molecular complexity index is 197. The second-order valence-electron chi connectivity index (χ2n) is 5.81. The van der Waals surface area contributed by atoms with Gasteiger partial charge in [-0.3, -0.25) is 0 Å². The Morgan fingerprint density at radius 2 is 1.93 bits per heavy atom. The van der Waals surface area contributed by atoms with E-state index in [2.05, 4.69) is 26.1 Å². The van der Waals surface area contributed by atoms with Crippen LogP contribution in [0.15, 0.2) is 0 Å². The van der Waals surface area contributed by atoms with Crippen molar-refractivity contribution >= 4 is 0 Å². The molecular weight excluding hydrogens is 170 g/mol. The van der Waals surface area contributed by atoms with Crippen molar-refractivity contribution in [3.63, 3.8) is 0 Å². The maximum Gasteiger partial charge on any atom is 0.0152 e. The largest absolute Gasteiger partial charge is 0.313 e. The molecule has 2 rings (SSSR count). The van der Waals surface area contributed by atoms with E-state index in [1.807, 2.05) is 0 Å². The van der Waals surface area contributed by atoms with Gasteiger partial charge in [-0.05, 0) is 43.1 Å². The first kappa shape index (κ1) is 10.5. The molecule has 2 aliphatic rings. The van der Waals surface area contributed by atoms with E-state index in [1.165, 1.54) is 38.6 Å². The second kappa shape index (κ2) is 3.84. The van der Waals surface area contributed by atoms with Crippen LogP contribution in [0.25, 0.3) is 0 Å². The maximum absolute atomic E-state index is 3.76. The first-order valence-electron chi connectivity index (χ1n) is 6.41. The van der Waals surface area contributed by atoms with Crippen molar-refractivity contribution < 1.29 is 0 Å². The average molecular weight is 195 g/mol. The van der Waals surface area contributed by atoms with Gasteiger partial charge in [0.05, 0.1) is 0 Å². The molecule has 0 saturated heterocycles. The van der Waals surface area contributed by atoms with E-state index >= 15 is 0 Å². The third-order valence-corrected chi connectivity index (χ3v) is 4.62. The summed E-state index contributed by atoms with van der Waals surface area (Å²) >= 11 is 0. The summed E-state index contributed by atoms with van der Waals surface area (Å²) in [5, 5.41) is 3.76. The molecule has 0 amide bonds. The van der Waals surface area contributed by atoms with Gasteiger partial charge in [-0.2, -0.15) is 0 Å². The fraction of sp³-hybridized carbons (Fsp3) is 1.00. The zero-order valence-electron chi connectivity index (χ0n) is 9.97. The van der Waals surface area contributed by atoms with E-state index in [-0.39, 0.29) is 0 Å². The van der Waals surface area contributed by atoms with Gasteiger partial charge in [0.1, 0.15) is 0 Å². The van der Waals surface area contributed by atoms with Gasteiger partial charge < -0.3 is 5.32 Å². The summed E-state index contributed by atoms with van der Waals surface area (Å²) in [4.78, 5) is 0.